The number of aromatic nitrogens is 1. The van der Waals surface area contributed by atoms with Gasteiger partial charge in [-0.3, -0.25) is 19.8 Å². The first-order valence-electron chi connectivity index (χ1n) is 9.88. The molecule has 0 bridgehead atoms. The molecule has 3 heterocycles. The Kier molecular flexibility index (Phi) is 7.31. The molecular weight excluding hydrogens is 486 g/mol. The van der Waals surface area contributed by atoms with Crippen molar-refractivity contribution in [2.45, 2.75) is 37.8 Å². The summed E-state index contributed by atoms with van der Waals surface area (Å²) in [7, 11) is 1.24. The molecule has 1 saturated heterocycles. The normalized spacial score (nSPS) is 20.2. The van der Waals surface area contributed by atoms with Crippen molar-refractivity contribution in [3.63, 3.8) is 0 Å². The number of nitrogens with zero attached hydrogens (tertiary/aromatic N) is 3. The number of fused-ring (bicyclic) bond motifs is 1. The average Bonchev–Trinajstić information content (AvgIpc) is 3.20. The van der Waals surface area contributed by atoms with Crippen LogP contribution in [0.25, 0.3) is 0 Å². The lowest BCUT2D eigenvalue weighted by molar-refractivity contribution is -0.150. The van der Waals surface area contributed by atoms with Gasteiger partial charge in [-0.15, -0.1) is 23.1 Å². The zero-order chi connectivity index (χ0) is 25.2. The first-order valence-corrected chi connectivity index (χ1v) is 11.8. The van der Waals surface area contributed by atoms with Gasteiger partial charge in [0.05, 0.1) is 0 Å². The number of aliphatic carboxylic acids is 1. The standard InChI is InChI=1S/C20H23N5O7S2/c1-6-9-7-34-17-12(16(27)25(17)13(9)18(28)29)23-14(26)11(24-31-5)15-21-10(8-33-15)22-19(30)32-20(2,3)4/h6,8,12,17H,1,7H2,2-5H3,(H,22,30)(H,23,26)(H,28,29)/t12?,17-/m0/s1. The van der Waals surface area contributed by atoms with Crippen molar-refractivity contribution in [3.05, 3.63) is 34.3 Å². The first-order chi connectivity index (χ1) is 16.0. The fourth-order valence-corrected chi connectivity index (χ4v) is 5.19. The van der Waals surface area contributed by atoms with Crippen LogP contribution in [0.3, 0.4) is 0 Å². The second-order valence-electron chi connectivity index (χ2n) is 8.03. The Morgan fingerprint density at radius 3 is 2.68 bits per heavy atom. The van der Waals surface area contributed by atoms with E-state index in [0.29, 0.717) is 11.3 Å². The van der Waals surface area contributed by atoms with E-state index in [1.165, 1.54) is 30.3 Å². The third kappa shape index (κ3) is 5.22. The SMILES string of the molecule is C=CC1=C(C(=O)O)N2C(=O)C(NC(=O)C(=NOC)c3nc(NC(=O)OC(C)(C)C)cs3)[C@@H]2SC1. The molecular formula is C20H23N5O7S2. The number of carbonyl (C=O) groups is 4. The highest BCUT2D eigenvalue weighted by Crippen LogP contribution is 2.40. The molecule has 34 heavy (non-hydrogen) atoms. The molecule has 3 amide bonds. The number of thioether (sulfide) groups is 1. The summed E-state index contributed by atoms with van der Waals surface area (Å²) in [6, 6.07) is -0.959. The number of hydrogen-bond donors (Lipinski definition) is 3. The van der Waals surface area contributed by atoms with Crippen LogP contribution < -0.4 is 10.6 Å². The van der Waals surface area contributed by atoms with Crippen molar-refractivity contribution in [3.8, 4) is 0 Å². The van der Waals surface area contributed by atoms with E-state index in [1.54, 1.807) is 20.8 Å². The summed E-state index contributed by atoms with van der Waals surface area (Å²) < 4.78 is 5.17. The highest BCUT2D eigenvalue weighted by atomic mass is 32.2. The number of thiazole rings is 1. The summed E-state index contributed by atoms with van der Waals surface area (Å²) in [6.07, 6.45) is 0.690. The Hall–Kier alpha value is -3.39. The molecule has 3 N–H and O–H groups in total. The van der Waals surface area contributed by atoms with E-state index in [9.17, 15) is 24.3 Å². The molecule has 12 nitrogen and oxygen atoms in total. The van der Waals surface area contributed by atoms with Crippen LogP contribution in [0, 0.1) is 0 Å². The van der Waals surface area contributed by atoms with Gasteiger partial charge in [0.15, 0.2) is 5.01 Å². The van der Waals surface area contributed by atoms with Gasteiger partial charge in [0.1, 0.15) is 35.6 Å². The van der Waals surface area contributed by atoms with E-state index in [0.717, 1.165) is 16.2 Å². The van der Waals surface area contributed by atoms with Crippen LogP contribution in [0.5, 0.6) is 0 Å². The number of oxime groups is 1. The van der Waals surface area contributed by atoms with Crippen LogP contribution in [0.1, 0.15) is 25.8 Å². The Labute approximate surface area is 203 Å². The lowest BCUT2D eigenvalue weighted by atomic mass is 10.0. The molecule has 14 heteroatoms. The van der Waals surface area contributed by atoms with Crippen molar-refractivity contribution in [1.29, 1.82) is 0 Å². The minimum absolute atomic E-state index is 0.130. The number of carboxylic acid groups (broad SMARTS) is 1. The summed E-state index contributed by atoms with van der Waals surface area (Å²) >= 11 is 2.33. The molecule has 2 aliphatic heterocycles. The van der Waals surface area contributed by atoms with Gasteiger partial charge in [-0.1, -0.05) is 17.8 Å². The number of ether oxygens (including phenoxy) is 1. The highest BCUT2D eigenvalue weighted by Gasteiger charge is 2.54. The molecule has 0 radical (unpaired) electrons. The van der Waals surface area contributed by atoms with Crippen molar-refractivity contribution < 1.29 is 33.9 Å². The number of β-lactam (4-membered cyclic amide) rings is 1. The second-order valence-corrected chi connectivity index (χ2v) is 9.99. The molecule has 0 aromatic carbocycles. The number of allylic oxidation sites excluding steroid dienone is 1. The van der Waals surface area contributed by atoms with Crippen LogP contribution >= 0.6 is 23.1 Å². The van der Waals surface area contributed by atoms with E-state index >= 15 is 0 Å². The van der Waals surface area contributed by atoms with Crippen LogP contribution in [-0.2, 0) is 24.0 Å². The van der Waals surface area contributed by atoms with E-state index < -0.39 is 40.9 Å². The summed E-state index contributed by atoms with van der Waals surface area (Å²) in [4.78, 5) is 59.3. The van der Waals surface area contributed by atoms with Crippen LogP contribution in [0.2, 0.25) is 0 Å². The molecule has 0 spiro atoms. The molecule has 0 saturated carbocycles. The van der Waals surface area contributed by atoms with Gasteiger partial charge in [0.2, 0.25) is 5.71 Å². The molecule has 1 fully saturated rings. The number of rotatable bonds is 7. The third-order valence-corrected chi connectivity index (χ3v) is 6.62. The Balaban J connectivity index is 1.72. The summed E-state index contributed by atoms with van der Waals surface area (Å²) in [5.74, 6) is -2.07. The molecule has 3 rings (SSSR count). The van der Waals surface area contributed by atoms with Crippen LogP contribution in [-0.4, -0.2) is 74.5 Å². The summed E-state index contributed by atoms with van der Waals surface area (Å²) in [5, 5.41) is 19.3. The second kappa shape index (κ2) is 9.85. The van der Waals surface area contributed by atoms with Gasteiger partial charge >= 0.3 is 12.1 Å². The minimum atomic E-state index is -1.24. The molecule has 0 aliphatic carbocycles. The van der Waals surface area contributed by atoms with Crippen LogP contribution in [0.15, 0.2) is 34.5 Å². The lowest BCUT2D eigenvalue weighted by Crippen LogP contribution is -2.71. The van der Waals surface area contributed by atoms with E-state index in [2.05, 4.69) is 27.4 Å². The summed E-state index contributed by atoms with van der Waals surface area (Å²) in [5.41, 5.74) is -0.620. The average molecular weight is 510 g/mol. The molecule has 1 unspecified atom stereocenters. The predicted molar refractivity (Wildman–Crippen MR) is 125 cm³/mol. The van der Waals surface area contributed by atoms with Gasteiger partial charge in [-0.05, 0) is 26.3 Å². The highest BCUT2D eigenvalue weighted by molar-refractivity contribution is 8.00. The molecule has 2 aliphatic rings. The van der Waals surface area contributed by atoms with Crippen LogP contribution in [0.4, 0.5) is 10.6 Å². The van der Waals surface area contributed by atoms with Gasteiger partial charge in [-0.25, -0.2) is 14.6 Å². The molecule has 2 atom stereocenters. The molecule has 182 valence electrons. The van der Waals surface area contributed by atoms with Gasteiger partial charge in [0, 0.05) is 11.1 Å². The molecule has 1 aromatic heterocycles. The van der Waals surface area contributed by atoms with Gasteiger partial charge < -0.3 is 20.0 Å². The van der Waals surface area contributed by atoms with E-state index in [1.807, 2.05) is 0 Å². The number of carboxylic acids is 1. The molecule has 1 aromatic rings. The largest absolute Gasteiger partial charge is 0.477 e. The van der Waals surface area contributed by atoms with Crippen molar-refractivity contribution in [2.75, 3.05) is 18.2 Å². The predicted octanol–water partition coefficient (Wildman–Crippen LogP) is 1.77. The fourth-order valence-electron chi connectivity index (χ4n) is 3.13. The van der Waals surface area contributed by atoms with E-state index in [-0.39, 0.29) is 22.2 Å². The minimum Gasteiger partial charge on any atom is -0.477 e. The quantitative estimate of drug-likeness (QED) is 0.283. The third-order valence-electron chi connectivity index (χ3n) is 4.47. The van der Waals surface area contributed by atoms with Crippen molar-refractivity contribution >= 4 is 58.5 Å². The first kappa shape index (κ1) is 25.2. The Bertz CT molecular complexity index is 1110. The lowest BCUT2D eigenvalue weighted by Gasteiger charge is -2.49. The maximum atomic E-state index is 12.9. The van der Waals surface area contributed by atoms with Crippen molar-refractivity contribution in [1.82, 2.24) is 15.2 Å². The number of carbonyl (C=O) groups excluding carboxylic acids is 3. The Morgan fingerprint density at radius 1 is 1.38 bits per heavy atom. The zero-order valence-corrected chi connectivity index (χ0v) is 20.4. The van der Waals surface area contributed by atoms with Crippen molar-refractivity contribution in [2.24, 2.45) is 5.16 Å². The number of nitrogens with one attached hydrogen (secondary N) is 2. The number of amides is 3. The van der Waals surface area contributed by atoms with Gasteiger partial charge in [0.25, 0.3) is 11.8 Å². The summed E-state index contributed by atoms with van der Waals surface area (Å²) in [6.45, 7) is 8.74. The monoisotopic (exact) mass is 509 g/mol. The number of hydrogen-bond acceptors (Lipinski definition) is 10. The number of anilines is 1. The smallest absolute Gasteiger partial charge is 0.413 e. The zero-order valence-electron chi connectivity index (χ0n) is 18.8. The fraction of sp³-hybridized carbons (Fsp3) is 0.400. The Morgan fingerprint density at radius 2 is 2.09 bits per heavy atom. The maximum Gasteiger partial charge on any atom is 0.413 e. The van der Waals surface area contributed by atoms with Gasteiger partial charge in [-0.2, -0.15) is 0 Å². The van der Waals surface area contributed by atoms with E-state index in [4.69, 9.17) is 9.57 Å². The maximum absolute atomic E-state index is 12.9. The topological polar surface area (TPSA) is 160 Å².